The standard InChI is InChI=1S/C25H25N5O4/c1-25(2,33)12-11-17-9-10-20-19(13-17)30(3)24(32)18(15-34-20)26-23(31)22-27-21(28-29-22)14-16-7-5-4-6-8-16/h4-10,13,18,33H,14-15H2,1-3H3,(H,26,31)(H,27,28,29)/i1D3. The molecule has 9 heteroatoms. The zero-order chi connectivity index (χ0) is 26.8. The van der Waals surface area contributed by atoms with Gasteiger partial charge in [-0.05, 0) is 37.5 Å². The number of aromatic amines is 1. The number of nitrogens with one attached hydrogen (secondary N) is 2. The number of H-pyrrole nitrogens is 1. The third-order valence-corrected chi connectivity index (χ3v) is 5.06. The predicted molar refractivity (Wildman–Crippen MR) is 125 cm³/mol. The number of ether oxygens (including phenoxy) is 1. The number of hydrogen-bond acceptors (Lipinski definition) is 6. The molecule has 4 rings (SSSR count). The average Bonchev–Trinajstić information content (AvgIpc) is 3.29. The second kappa shape index (κ2) is 9.37. The van der Waals surface area contributed by atoms with Gasteiger partial charge in [-0.2, -0.15) is 0 Å². The van der Waals surface area contributed by atoms with E-state index < -0.39 is 30.3 Å². The molecule has 174 valence electrons. The van der Waals surface area contributed by atoms with Gasteiger partial charge < -0.3 is 20.1 Å². The molecule has 0 saturated carbocycles. The molecule has 1 aliphatic rings. The van der Waals surface area contributed by atoms with E-state index >= 15 is 0 Å². The number of aliphatic hydroxyl groups is 1. The highest BCUT2D eigenvalue weighted by atomic mass is 16.5. The Kier molecular flexibility index (Phi) is 5.33. The van der Waals surface area contributed by atoms with Gasteiger partial charge in [-0.15, -0.1) is 5.10 Å². The highest BCUT2D eigenvalue weighted by Gasteiger charge is 2.31. The minimum absolute atomic E-state index is 0.0954. The largest absolute Gasteiger partial charge is 0.489 e. The summed E-state index contributed by atoms with van der Waals surface area (Å²) in [5.74, 6) is 4.72. The number of aromatic nitrogens is 3. The molecule has 0 bridgehead atoms. The maximum absolute atomic E-state index is 13.1. The van der Waals surface area contributed by atoms with Crippen LogP contribution in [0.1, 0.15) is 45.5 Å². The minimum atomic E-state index is -2.68. The molecule has 1 aliphatic heterocycles. The van der Waals surface area contributed by atoms with Crippen molar-refractivity contribution in [1.82, 2.24) is 20.5 Å². The Morgan fingerprint density at radius 3 is 2.94 bits per heavy atom. The minimum Gasteiger partial charge on any atom is -0.489 e. The van der Waals surface area contributed by atoms with E-state index in [1.807, 2.05) is 30.3 Å². The van der Waals surface area contributed by atoms with Crippen LogP contribution >= 0.6 is 0 Å². The first-order chi connectivity index (χ1) is 17.4. The maximum atomic E-state index is 13.1. The molecule has 0 saturated heterocycles. The molecule has 34 heavy (non-hydrogen) atoms. The topological polar surface area (TPSA) is 120 Å². The van der Waals surface area contributed by atoms with E-state index in [1.165, 1.54) is 11.9 Å². The normalized spacial score (nSPS) is 18.6. The Labute approximate surface area is 201 Å². The summed E-state index contributed by atoms with van der Waals surface area (Å²) < 4.78 is 27.9. The van der Waals surface area contributed by atoms with Gasteiger partial charge in [0.15, 0.2) is 0 Å². The smallest absolute Gasteiger partial charge is 0.291 e. The summed E-state index contributed by atoms with van der Waals surface area (Å²) in [6.45, 7) is -1.69. The summed E-state index contributed by atoms with van der Waals surface area (Å²) >= 11 is 0. The predicted octanol–water partition coefficient (Wildman–Crippen LogP) is 1.67. The van der Waals surface area contributed by atoms with Crippen LogP contribution in [-0.4, -0.2) is 57.4 Å². The van der Waals surface area contributed by atoms with Crippen LogP contribution in [0.15, 0.2) is 48.5 Å². The van der Waals surface area contributed by atoms with Crippen molar-refractivity contribution in [2.24, 2.45) is 0 Å². The van der Waals surface area contributed by atoms with Gasteiger partial charge in [0.25, 0.3) is 11.8 Å². The summed E-state index contributed by atoms with van der Waals surface area (Å²) in [6, 6.07) is 13.3. The molecule has 3 aromatic rings. The van der Waals surface area contributed by atoms with Crippen molar-refractivity contribution in [2.45, 2.75) is 31.8 Å². The van der Waals surface area contributed by atoms with Crippen molar-refractivity contribution >= 4 is 17.5 Å². The van der Waals surface area contributed by atoms with E-state index in [9.17, 15) is 14.7 Å². The van der Waals surface area contributed by atoms with E-state index in [2.05, 4.69) is 32.3 Å². The van der Waals surface area contributed by atoms with Gasteiger partial charge in [0.05, 0.1) is 5.69 Å². The molecule has 0 radical (unpaired) electrons. The lowest BCUT2D eigenvalue weighted by molar-refractivity contribution is -0.120. The van der Waals surface area contributed by atoms with Gasteiger partial charge in [-0.3, -0.25) is 14.7 Å². The lowest BCUT2D eigenvalue weighted by atomic mass is 10.1. The Balaban J connectivity index is 1.46. The first kappa shape index (κ1) is 19.3. The number of fused-ring (bicyclic) bond motifs is 1. The second-order valence-electron chi connectivity index (χ2n) is 8.01. The number of amides is 2. The summed E-state index contributed by atoms with van der Waals surface area (Å²) in [5, 5.41) is 19.4. The van der Waals surface area contributed by atoms with Crippen molar-refractivity contribution in [2.75, 3.05) is 18.6 Å². The Bertz CT molecular complexity index is 1380. The van der Waals surface area contributed by atoms with Crippen molar-refractivity contribution in [1.29, 1.82) is 0 Å². The van der Waals surface area contributed by atoms with Crippen LogP contribution in [0.4, 0.5) is 5.69 Å². The van der Waals surface area contributed by atoms with Gasteiger partial charge in [0, 0.05) is 23.1 Å². The van der Waals surface area contributed by atoms with E-state index in [0.29, 0.717) is 29.2 Å². The molecular formula is C25H25N5O4. The summed E-state index contributed by atoms with van der Waals surface area (Å²) in [5.41, 5.74) is -0.441. The summed E-state index contributed by atoms with van der Waals surface area (Å²) in [7, 11) is 1.52. The number of hydrogen-bond donors (Lipinski definition) is 3. The maximum Gasteiger partial charge on any atom is 0.291 e. The van der Waals surface area contributed by atoms with E-state index in [4.69, 9.17) is 8.85 Å². The molecule has 2 atom stereocenters. The van der Waals surface area contributed by atoms with Crippen molar-refractivity contribution in [3.63, 3.8) is 0 Å². The van der Waals surface area contributed by atoms with Crippen molar-refractivity contribution in [3.8, 4) is 17.6 Å². The fourth-order valence-corrected chi connectivity index (χ4v) is 3.36. The zero-order valence-electron chi connectivity index (χ0n) is 21.6. The van der Waals surface area contributed by atoms with E-state index in [0.717, 1.165) is 12.5 Å². The number of carbonyl (C=O) groups is 2. The number of likely N-dealkylation sites (N-methyl/N-ethyl adjacent to an activating group) is 1. The van der Waals surface area contributed by atoms with Gasteiger partial charge >= 0.3 is 0 Å². The quantitative estimate of drug-likeness (QED) is 0.508. The highest BCUT2D eigenvalue weighted by Crippen LogP contribution is 2.31. The number of carbonyl (C=O) groups excluding carboxylic acids is 2. The number of nitrogens with zero attached hydrogens (tertiary/aromatic N) is 3. The molecule has 3 N–H and O–H groups in total. The van der Waals surface area contributed by atoms with Crippen molar-refractivity contribution < 1.29 is 23.5 Å². The van der Waals surface area contributed by atoms with Gasteiger partial charge in [0.2, 0.25) is 5.82 Å². The summed E-state index contributed by atoms with van der Waals surface area (Å²) in [4.78, 5) is 31.4. The van der Waals surface area contributed by atoms with Crippen LogP contribution < -0.4 is 15.0 Å². The Hall–Kier alpha value is -4.16. The summed E-state index contributed by atoms with van der Waals surface area (Å²) in [6.07, 6.45) is 0.470. The molecule has 0 spiro atoms. The number of anilines is 1. The highest BCUT2D eigenvalue weighted by molar-refractivity contribution is 6.02. The van der Waals surface area contributed by atoms with E-state index in [1.54, 1.807) is 18.2 Å². The van der Waals surface area contributed by atoms with Crippen LogP contribution in [0, 0.1) is 11.8 Å². The monoisotopic (exact) mass is 462 g/mol. The van der Waals surface area contributed by atoms with Crippen LogP contribution in [0.5, 0.6) is 5.75 Å². The Morgan fingerprint density at radius 2 is 2.18 bits per heavy atom. The van der Waals surface area contributed by atoms with Crippen molar-refractivity contribution in [3.05, 3.63) is 71.3 Å². The molecule has 9 nitrogen and oxygen atoms in total. The fraction of sp³-hybridized carbons (Fsp3) is 0.280. The molecule has 2 amide bonds. The first-order valence-electron chi connectivity index (χ1n) is 12.0. The van der Waals surface area contributed by atoms with Gasteiger partial charge in [0.1, 0.15) is 29.8 Å². The lowest BCUT2D eigenvalue weighted by Crippen LogP contribution is -2.49. The number of benzene rings is 2. The SMILES string of the molecule is [2H]C([2H])([2H])C(C)(O)C#Cc1ccc2c(c1)N(C)C(=O)C(NC(=O)c1n[nH]c(Cc3ccccc3)n1)CO2. The van der Waals surface area contributed by atoms with Crippen LogP contribution in [-0.2, 0) is 11.2 Å². The molecule has 2 heterocycles. The molecule has 2 aromatic carbocycles. The molecule has 2 unspecified atom stereocenters. The van der Waals surface area contributed by atoms with Gasteiger partial charge in [-0.1, -0.05) is 42.2 Å². The zero-order valence-corrected chi connectivity index (χ0v) is 18.6. The third-order valence-electron chi connectivity index (χ3n) is 5.06. The fourth-order valence-electron chi connectivity index (χ4n) is 3.36. The van der Waals surface area contributed by atoms with Crippen LogP contribution in [0.2, 0.25) is 0 Å². The Morgan fingerprint density at radius 1 is 1.38 bits per heavy atom. The molecule has 0 aliphatic carbocycles. The lowest BCUT2D eigenvalue weighted by Gasteiger charge is -2.20. The van der Waals surface area contributed by atoms with E-state index in [-0.39, 0.29) is 12.4 Å². The second-order valence-corrected chi connectivity index (χ2v) is 8.01. The number of rotatable bonds is 4. The third kappa shape index (κ3) is 5.42. The molecule has 1 aromatic heterocycles. The molecule has 0 fully saturated rings. The average molecular weight is 463 g/mol. The van der Waals surface area contributed by atoms with Gasteiger partial charge in [-0.25, -0.2) is 4.98 Å². The van der Waals surface area contributed by atoms with Crippen LogP contribution in [0.3, 0.4) is 0 Å². The first-order valence-corrected chi connectivity index (χ1v) is 10.5. The van der Waals surface area contributed by atoms with Crippen LogP contribution in [0.25, 0.3) is 0 Å². The molecular weight excluding hydrogens is 434 g/mol.